The van der Waals surface area contributed by atoms with Gasteiger partial charge in [-0.3, -0.25) is 9.89 Å². The lowest BCUT2D eigenvalue weighted by Crippen LogP contribution is -2.14. The molecule has 0 bridgehead atoms. The zero-order valence-electron chi connectivity index (χ0n) is 9.33. The van der Waals surface area contributed by atoms with Gasteiger partial charge in [-0.25, -0.2) is 0 Å². The van der Waals surface area contributed by atoms with Gasteiger partial charge in [0, 0.05) is 9.13 Å². The smallest absolute Gasteiger partial charge is 0.257 e. The van der Waals surface area contributed by atoms with Crippen LogP contribution in [0.2, 0.25) is 0 Å². The fourth-order valence-corrected chi connectivity index (χ4v) is 2.15. The number of aromatic amines is 1. The van der Waals surface area contributed by atoms with Crippen molar-refractivity contribution in [1.29, 1.82) is 0 Å². The lowest BCUT2D eigenvalue weighted by Gasteiger charge is -2.06. The van der Waals surface area contributed by atoms with Crippen LogP contribution in [-0.2, 0) is 6.42 Å². The topological polar surface area (TPSA) is 57.8 Å². The standard InChI is InChI=1S/C12H12IN3O/c1-2-8-7-14-16-11(8)15-12(17)9-5-3-4-6-10(9)13/h3-7H,2H2,1H3,(H2,14,15,16,17). The van der Waals surface area contributed by atoms with Gasteiger partial charge in [0.05, 0.1) is 11.8 Å². The Morgan fingerprint density at radius 1 is 1.47 bits per heavy atom. The lowest BCUT2D eigenvalue weighted by atomic mass is 10.2. The minimum Gasteiger partial charge on any atom is -0.307 e. The predicted molar refractivity (Wildman–Crippen MR) is 75.1 cm³/mol. The highest BCUT2D eigenvalue weighted by Crippen LogP contribution is 2.16. The molecule has 5 heteroatoms. The Morgan fingerprint density at radius 3 is 2.94 bits per heavy atom. The molecule has 1 amide bonds. The van der Waals surface area contributed by atoms with Crippen molar-refractivity contribution in [2.24, 2.45) is 0 Å². The van der Waals surface area contributed by atoms with Gasteiger partial charge in [-0.15, -0.1) is 0 Å². The minimum absolute atomic E-state index is 0.117. The molecule has 17 heavy (non-hydrogen) atoms. The Balaban J connectivity index is 2.20. The third-order valence-corrected chi connectivity index (χ3v) is 3.40. The molecule has 0 aliphatic rings. The molecule has 0 saturated carbocycles. The zero-order valence-corrected chi connectivity index (χ0v) is 11.5. The molecule has 2 N–H and O–H groups in total. The van der Waals surface area contributed by atoms with E-state index in [0.29, 0.717) is 11.4 Å². The van der Waals surface area contributed by atoms with Gasteiger partial charge >= 0.3 is 0 Å². The Kier molecular flexibility index (Phi) is 3.78. The largest absolute Gasteiger partial charge is 0.307 e. The molecule has 1 aromatic heterocycles. The van der Waals surface area contributed by atoms with E-state index in [2.05, 4.69) is 38.1 Å². The second-order valence-electron chi connectivity index (χ2n) is 3.56. The highest BCUT2D eigenvalue weighted by molar-refractivity contribution is 14.1. The van der Waals surface area contributed by atoms with Gasteiger partial charge in [0.2, 0.25) is 0 Å². The molecule has 0 aliphatic heterocycles. The van der Waals surface area contributed by atoms with Crippen LogP contribution in [0.5, 0.6) is 0 Å². The van der Waals surface area contributed by atoms with Gasteiger partial charge in [-0.2, -0.15) is 5.10 Å². The lowest BCUT2D eigenvalue weighted by molar-refractivity contribution is 0.102. The number of carbonyl (C=O) groups is 1. The second-order valence-corrected chi connectivity index (χ2v) is 4.72. The quantitative estimate of drug-likeness (QED) is 0.844. The Bertz CT molecular complexity index is 536. The van der Waals surface area contributed by atoms with Crippen LogP contribution in [-0.4, -0.2) is 16.1 Å². The number of carbonyl (C=O) groups excluding carboxylic acids is 1. The maximum Gasteiger partial charge on any atom is 0.257 e. The van der Waals surface area contributed by atoms with Crippen LogP contribution in [0.3, 0.4) is 0 Å². The maximum absolute atomic E-state index is 12.0. The molecule has 0 unspecified atom stereocenters. The van der Waals surface area contributed by atoms with E-state index in [1.807, 2.05) is 25.1 Å². The van der Waals surface area contributed by atoms with E-state index >= 15 is 0 Å². The molecule has 2 aromatic rings. The number of nitrogens with one attached hydrogen (secondary N) is 2. The average molecular weight is 341 g/mol. The number of anilines is 1. The summed E-state index contributed by atoms with van der Waals surface area (Å²) >= 11 is 2.15. The molecular weight excluding hydrogens is 329 g/mol. The molecule has 0 spiro atoms. The molecule has 88 valence electrons. The summed E-state index contributed by atoms with van der Waals surface area (Å²) in [4.78, 5) is 12.0. The number of H-pyrrole nitrogens is 1. The first-order valence-corrected chi connectivity index (χ1v) is 6.38. The van der Waals surface area contributed by atoms with Crippen molar-refractivity contribution in [3.63, 3.8) is 0 Å². The number of amides is 1. The summed E-state index contributed by atoms with van der Waals surface area (Å²) in [6, 6.07) is 7.47. The van der Waals surface area contributed by atoms with Crippen molar-refractivity contribution in [2.75, 3.05) is 5.32 Å². The maximum atomic E-state index is 12.0. The van der Waals surface area contributed by atoms with Crippen molar-refractivity contribution in [3.05, 3.63) is 45.2 Å². The molecule has 1 aromatic carbocycles. The van der Waals surface area contributed by atoms with E-state index in [9.17, 15) is 4.79 Å². The molecule has 0 saturated heterocycles. The number of hydrogen-bond acceptors (Lipinski definition) is 2. The molecule has 0 atom stereocenters. The normalized spacial score (nSPS) is 10.2. The van der Waals surface area contributed by atoms with Gasteiger partial charge in [0.25, 0.3) is 5.91 Å². The summed E-state index contributed by atoms with van der Waals surface area (Å²) in [7, 11) is 0. The number of aromatic nitrogens is 2. The van der Waals surface area contributed by atoms with Crippen LogP contribution >= 0.6 is 22.6 Å². The Hall–Kier alpha value is -1.37. The molecule has 4 nitrogen and oxygen atoms in total. The number of halogens is 1. The molecule has 2 rings (SSSR count). The van der Waals surface area contributed by atoms with Crippen molar-refractivity contribution >= 4 is 34.3 Å². The van der Waals surface area contributed by atoms with E-state index in [0.717, 1.165) is 15.6 Å². The monoisotopic (exact) mass is 341 g/mol. The summed E-state index contributed by atoms with van der Waals surface area (Å²) in [6.07, 6.45) is 2.56. The van der Waals surface area contributed by atoms with Crippen molar-refractivity contribution in [2.45, 2.75) is 13.3 Å². The number of aryl methyl sites for hydroxylation is 1. The molecule has 0 fully saturated rings. The summed E-state index contributed by atoms with van der Waals surface area (Å²) in [6.45, 7) is 2.02. The van der Waals surface area contributed by atoms with Crippen LogP contribution < -0.4 is 5.32 Å². The molecular formula is C12H12IN3O. The average Bonchev–Trinajstić information content (AvgIpc) is 2.76. The van der Waals surface area contributed by atoms with E-state index in [4.69, 9.17) is 0 Å². The number of rotatable bonds is 3. The number of hydrogen-bond donors (Lipinski definition) is 2. The minimum atomic E-state index is -0.117. The number of nitrogens with zero attached hydrogens (tertiary/aromatic N) is 1. The van der Waals surface area contributed by atoms with E-state index in [1.54, 1.807) is 12.3 Å². The zero-order chi connectivity index (χ0) is 12.3. The molecule has 1 heterocycles. The predicted octanol–water partition coefficient (Wildman–Crippen LogP) is 2.83. The first kappa shape index (κ1) is 12.1. The summed E-state index contributed by atoms with van der Waals surface area (Å²) in [5.41, 5.74) is 1.68. The van der Waals surface area contributed by atoms with Gasteiger partial charge in [0.1, 0.15) is 5.82 Å². The van der Waals surface area contributed by atoms with E-state index in [-0.39, 0.29) is 5.91 Å². The highest BCUT2D eigenvalue weighted by Gasteiger charge is 2.12. The molecule has 0 radical (unpaired) electrons. The third-order valence-electron chi connectivity index (χ3n) is 2.46. The van der Waals surface area contributed by atoms with E-state index in [1.165, 1.54) is 0 Å². The summed E-state index contributed by atoms with van der Waals surface area (Å²) < 4.78 is 0.931. The van der Waals surface area contributed by atoms with Gasteiger partial charge in [0.15, 0.2) is 0 Å². The van der Waals surface area contributed by atoms with Crippen LogP contribution in [0.25, 0.3) is 0 Å². The van der Waals surface area contributed by atoms with Gasteiger partial charge in [-0.05, 0) is 41.1 Å². The van der Waals surface area contributed by atoms with Gasteiger partial charge < -0.3 is 5.32 Å². The summed E-state index contributed by atoms with van der Waals surface area (Å²) in [5.74, 6) is 0.561. The van der Waals surface area contributed by atoms with Crippen molar-refractivity contribution < 1.29 is 4.79 Å². The summed E-state index contributed by atoms with van der Waals surface area (Å²) in [5, 5.41) is 9.55. The first-order chi connectivity index (χ1) is 8.22. The second kappa shape index (κ2) is 5.31. The van der Waals surface area contributed by atoms with Crippen LogP contribution in [0, 0.1) is 3.57 Å². The number of benzene rings is 1. The fraction of sp³-hybridized carbons (Fsp3) is 0.167. The van der Waals surface area contributed by atoms with Crippen LogP contribution in [0.4, 0.5) is 5.82 Å². The SMILES string of the molecule is CCc1cn[nH]c1NC(=O)c1ccccc1I. The van der Waals surface area contributed by atoms with Crippen molar-refractivity contribution in [3.8, 4) is 0 Å². The van der Waals surface area contributed by atoms with Crippen LogP contribution in [0.1, 0.15) is 22.8 Å². The third kappa shape index (κ3) is 2.66. The molecule has 0 aliphatic carbocycles. The van der Waals surface area contributed by atoms with Crippen LogP contribution in [0.15, 0.2) is 30.5 Å². The Morgan fingerprint density at radius 2 is 2.24 bits per heavy atom. The fourth-order valence-electron chi connectivity index (χ4n) is 1.51. The van der Waals surface area contributed by atoms with Crippen molar-refractivity contribution in [1.82, 2.24) is 10.2 Å². The highest BCUT2D eigenvalue weighted by atomic mass is 127. The van der Waals surface area contributed by atoms with E-state index < -0.39 is 0 Å². The van der Waals surface area contributed by atoms with Gasteiger partial charge in [-0.1, -0.05) is 19.1 Å². The Labute approximate surface area is 113 Å². The first-order valence-electron chi connectivity index (χ1n) is 5.30.